The van der Waals surface area contributed by atoms with Gasteiger partial charge in [-0.15, -0.1) is 0 Å². The molecule has 1 aliphatic heterocycles. The van der Waals surface area contributed by atoms with E-state index in [4.69, 9.17) is 0 Å². The first kappa shape index (κ1) is 27.0. The minimum Gasteiger partial charge on any atom is -0.466 e. The number of ether oxygens (including phenoxy) is 1. The molecule has 0 fully saturated rings. The molecule has 0 aliphatic carbocycles. The fraction of sp³-hybridized carbons (Fsp3) is 0.476. The highest BCUT2D eigenvalue weighted by atomic mass is 19.4. The summed E-state index contributed by atoms with van der Waals surface area (Å²) in [4.78, 5) is 23.3. The number of carbonyl (C=O) groups excluding carboxylic acids is 2. The summed E-state index contributed by atoms with van der Waals surface area (Å²) in [6.45, 7) is 0.761. The number of hydrogen-bond acceptors (Lipinski definition) is 6. The van der Waals surface area contributed by atoms with E-state index in [0.717, 1.165) is 12.1 Å². The maximum absolute atomic E-state index is 15.2. The zero-order valence-electron chi connectivity index (χ0n) is 18.1. The Bertz CT molecular complexity index is 1020. The first-order chi connectivity index (χ1) is 15.7. The maximum atomic E-state index is 15.2. The largest absolute Gasteiger partial charge is 0.471 e. The minimum absolute atomic E-state index is 0.0886. The molecule has 2 rings (SSSR count). The van der Waals surface area contributed by atoms with E-state index in [9.17, 15) is 33.2 Å². The Hall–Kier alpha value is -3.27. The van der Waals surface area contributed by atoms with Gasteiger partial charge in [0.1, 0.15) is 5.70 Å². The van der Waals surface area contributed by atoms with E-state index >= 15 is 13.2 Å². The summed E-state index contributed by atoms with van der Waals surface area (Å²) in [5.74, 6) is -9.67. The van der Waals surface area contributed by atoms with Crippen LogP contribution in [0.2, 0.25) is 0 Å². The van der Waals surface area contributed by atoms with E-state index < -0.39 is 76.2 Å². The smallest absolute Gasteiger partial charge is 0.466 e. The molecule has 0 radical (unpaired) electrons. The standard InChI is InChI=1S/C21H21F6N3O4/c1-3-34-17(31)9-14-13(10-28)7-8-15(18(14)22)29(19(32)21(25,26)27)11-20(23,24)16-6-4-5-12(2)30(16)33/h6-8,12,33H,3-5,9,11H2,1-2H3. The lowest BCUT2D eigenvalue weighted by Crippen LogP contribution is -2.51. The highest BCUT2D eigenvalue weighted by Crippen LogP contribution is 2.37. The van der Waals surface area contributed by atoms with Crippen LogP contribution >= 0.6 is 0 Å². The van der Waals surface area contributed by atoms with Crippen LogP contribution in [0.5, 0.6) is 0 Å². The highest BCUT2D eigenvalue weighted by Gasteiger charge is 2.49. The van der Waals surface area contributed by atoms with Gasteiger partial charge in [-0.2, -0.15) is 27.2 Å². The predicted molar refractivity (Wildman–Crippen MR) is 105 cm³/mol. The summed E-state index contributed by atoms with van der Waals surface area (Å²) >= 11 is 0. The molecule has 0 saturated heterocycles. The van der Waals surface area contributed by atoms with Crippen molar-refractivity contribution in [3.05, 3.63) is 40.8 Å². The molecule has 0 bridgehead atoms. The van der Waals surface area contributed by atoms with Crippen molar-refractivity contribution in [2.24, 2.45) is 0 Å². The maximum Gasteiger partial charge on any atom is 0.471 e. The number of nitriles is 1. The number of esters is 1. The molecule has 1 aromatic carbocycles. The lowest BCUT2D eigenvalue weighted by atomic mass is 10.0. The zero-order valence-corrected chi connectivity index (χ0v) is 18.1. The topological polar surface area (TPSA) is 93.9 Å². The Morgan fingerprint density at radius 3 is 2.50 bits per heavy atom. The Morgan fingerprint density at radius 1 is 1.29 bits per heavy atom. The van der Waals surface area contributed by atoms with Gasteiger partial charge < -0.3 is 4.74 Å². The Kier molecular flexibility index (Phi) is 8.20. The molecule has 1 atom stereocenters. The SMILES string of the molecule is CCOC(=O)Cc1c(C#N)ccc(N(CC(F)(F)C2=CCCC(C)N2O)C(=O)C(F)(F)F)c1F. The van der Waals surface area contributed by atoms with E-state index in [-0.39, 0.29) is 18.1 Å². The average molecular weight is 493 g/mol. The van der Waals surface area contributed by atoms with E-state index in [2.05, 4.69) is 4.74 Å². The number of benzene rings is 1. The molecule has 1 heterocycles. The summed E-state index contributed by atoms with van der Waals surface area (Å²) in [6.07, 6.45) is -5.25. The Labute approximate surface area is 190 Å². The molecular weight excluding hydrogens is 472 g/mol. The van der Waals surface area contributed by atoms with Gasteiger partial charge in [-0.25, -0.2) is 4.39 Å². The van der Waals surface area contributed by atoms with Crippen molar-refractivity contribution in [3.63, 3.8) is 0 Å². The number of rotatable bonds is 7. The van der Waals surface area contributed by atoms with Crippen LogP contribution in [0.25, 0.3) is 0 Å². The molecule has 0 spiro atoms. The van der Waals surface area contributed by atoms with Crippen LogP contribution in [0.1, 0.15) is 37.8 Å². The van der Waals surface area contributed by atoms with Crippen LogP contribution in [-0.4, -0.2) is 53.4 Å². The zero-order chi connectivity index (χ0) is 25.8. The molecule has 1 N–H and O–H groups in total. The lowest BCUT2D eigenvalue weighted by molar-refractivity contribution is -0.172. The van der Waals surface area contributed by atoms with Crippen molar-refractivity contribution in [1.29, 1.82) is 5.26 Å². The fourth-order valence-electron chi connectivity index (χ4n) is 3.38. The first-order valence-corrected chi connectivity index (χ1v) is 10.1. The monoisotopic (exact) mass is 493 g/mol. The second-order valence-electron chi connectivity index (χ2n) is 7.47. The molecule has 34 heavy (non-hydrogen) atoms. The number of alkyl halides is 5. The van der Waals surface area contributed by atoms with Crippen molar-refractivity contribution < 1.29 is 45.9 Å². The van der Waals surface area contributed by atoms with Crippen LogP contribution in [0.3, 0.4) is 0 Å². The summed E-state index contributed by atoms with van der Waals surface area (Å²) < 4.78 is 89.7. The lowest BCUT2D eigenvalue weighted by Gasteiger charge is -2.36. The van der Waals surface area contributed by atoms with Gasteiger partial charge in [-0.05, 0) is 38.8 Å². The minimum atomic E-state index is -5.66. The molecule has 1 aliphatic rings. The molecule has 186 valence electrons. The molecule has 0 saturated carbocycles. The summed E-state index contributed by atoms with van der Waals surface area (Å²) in [5.41, 5.74) is -3.41. The summed E-state index contributed by atoms with van der Waals surface area (Å²) in [5, 5.41) is 19.3. The van der Waals surface area contributed by atoms with Crippen molar-refractivity contribution in [2.45, 2.75) is 51.3 Å². The van der Waals surface area contributed by atoms with Gasteiger partial charge in [0.15, 0.2) is 5.82 Å². The van der Waals surface area contributed by atoms with E-state index in [0.29, 0.717) is 12.5 Å². The third-order valence-electron chi connectivity index (χ3n) is 5.07. The molecule has 1 amide bonds. The number of hydroxylamine groups is 2. The van der Waals surface area contributed by atoms with Crippen molar-refractivity contribution in [2.75, 3.05) is 18.1 Å². The highest BCUT2D eigenvalue weighted by molar-refractivity contribution is 5.98. The van der Waals surface area contributed by atoms with Gasteiger partial charge in [-0.3, -0.25) is 24.8 Å². The normalized spacial score (nSPS) is 16.5. The van der Waals surface area contributed by atoms with Crippen molar-refractivity contribution in [1.82, 2.24) is 5.06 Å². The number of nitrogens with zero attached hydrogens (tertiary/aromatic N) is 3. The van der Waals surface area contributed by atoms with E-state index in [1.807, 2.05) is 0 Å². The summed E-state index contributed by atoms with van der Waals surface area (Å²) in [7, 11) is 0. The number of halogens is 6. The third-order valence-corrected chi connectivity index (χ3v) is 5.07. The quantitative estimate of drug-likeness (QED) is 0.454. The van der Waals surface area contributed by atoms with Crippen molar-refractivity contribution >= 4 is 17.6 Å². The van der Waals surface area contributed by atoms with Gasteiger partial charge in [0.25, 0.3) is 0 Å². The Balaban J connectivity index is 2.60. The van der Waals surface area contributed by atoms with Gasteiger partial charge in [-0.1, -0.05) is 6.08 Å². The number of hydrogen-bond donors (Lipinski definition) is 1. The predicted octanol–water partition coefficient (Wildman–Crippen LogP) is 4.09. The molecule has 1 aromatic rings. The number of allylic oxidation sites excluding steroid dienone is 1. The fourth-order valence-corrected chi connectivity index (χ4v) is 3.38. The second kappa shape index (κ2) is 10.3. The van der Waals surface area contributed by atoms with Gasteiger partial charge in [0, 0.05) is 5.56 Å². The van der Waals surface area contributed by atoms with Gasteiger partial charge in [0.2, 0.25) is 0 Å². The van der Waals surface area contributed by atoms with Crippen molar-refractivity contribution in [3.8, 4) is 6.07 Å². The van der Waals surface area contributed by atoms with Gasteiger partial charge >= 0.3 is 24.0 Å². The molecular formula is C21H21F6N3O4. The van der Waals surface area contributed by atoms with Crippen LogP contribution in [0.4, 0.5) is 32.0 Å². The van der Waals surface area contributed by atoms with Crippen LogP contribution in [-0.2, 0) is 20.7 Å². The molecule has 13 heteroatoms. The molecule has 1 unspecified atom stereocenters. The third kappa shape index (κ3) is 5.80. The summed E-state index contributed by atoms with van der Waals surface area (Å²) in [6, 6.07) is 2.15. The molecule has 7 nitrogen and oxygen atoms in total. The molecule has 0 aromatic heterocycles. The second-order valence-corrected chi connectivity index (χ2v) is 7.47. The van der Waals surface area contributed by atoms with Gasteiger partial charge in [0.05, 0.1) is 42.9 Å². The van der Waals surface area contributed by atoms with Crippen LogP contribution < -0.4 is 4.90 Å². The Morgan fingerprint density at radius 2 is 1.94 bits per heavy atom. The van der Waals surface area contributed by atoms with Crippen LogP contribution in [0.15, 0.2) is 23.9 Å². The first-order valence-electron chi connectivity index (χ1n) is 10.1. The van der Waals surface area contributed by atoms with E-state index in [1.54, 1.807) is 6.07 Å². The van der Waals surface area contributed by atoms with Crippen LogP contribution in [0, 0.1) is 17.1 Å². The number of anilines is 1. The number of carbonyl (C=O) groups is 2. The average Bonchev–Trinajstić information content (AvgIpc) is 2.74. The van der Waals surface area contributed by atoms with E-state index in [1.165, 1.54) is 13.8 Å². The number of amides is 1.